The molecule has 0 aliphatic carbocycles. The van der Waals surface area contributed by atoms with Crippen LogP contribution in [0.25, 0.3) is 0 Å². The molecule has 0 fully saturated rings. The molecule has 1 aromatic rings. The fourth-order valence-electron chi connectivity index (χ4n) is 1.37. The van der Waals surface area contributed by atoms with E-state index in [9.17, 15) is 9.90 Å². The van der Waals surface area contributed by atoms with Crippen molar-refractivity contribution in [3.05, 3.63) is 23.8 Å². The van der Waals surface area contributed by atoms with Crippen LogP contribution in [-0.4, -0.2) is 30.4 Å². The Bertz CT molecular complexity index is 375. The summed E-state index contributed by atoms with van der Waals surface area (Å²) in [6, 6.07) is 4.83. The minimum absolute atomic E-state index is 0.358. The maximum absolute atomic E-state index is 10.5. The molecule has 0 spiro atoms. The van der Waals surface area contributed by atoms with Gasteiger partial charge < -0.3 is 19.7 Å². The van der Waals surface area contributed by atoms with E-state index in [0.29, 0.717) is 17.1 Å². The van der Waals surface area contributed by atoms with E-state index in [1.54, 1.807) is 18.2 Å². The SMILES string of the molecule is COc1ccc(C(O)CC(=O)O)c(OC)c1. The molecule has 1 rings (SSSR count). The molecule has 88 valence electrons. The Morgan fingerprint density at radius 3 is 2.56 bits per heavy atom. The molecule has 5 heteroatoms. The van der Waals surface area contributed by atoms with Gasteiger partial charge in [-0.1, -0.05) is 0 Å². The molecule has 0 aliphatic heterocycles. The molecule has 0 radical (unpaired) electrons. The van der Waals surface area contributed by atoms with Crippen LogP contribution >= 0.6 is 0 Å². The maximum atomic E-state index is 10.5. The fourth-order valence-corrected chi connectivity index (χ4v) is 1.37. The van der Waals surface area contributed by atoms with Crippen molar-refractivity contribution in [3.63, 3.8) is 0 Å². The Hall–Kier alpha value is -1.75. The number of carboxylic acids is 1. The Kier molecular flexibility index (Phi) is 4.13. The normalized spacial score (nSPS) is 11.9. The van der Waals surface area contributed by atoms with Crippen molar-refractivity contribution in [2.45, 2.75) is 12.5 Å². The van der Waals surface area contributed by atoms with Gasteiger partial charge in [-0.25, -0.2) is 0 Å². The van der Waals surface area contributed by atoms with Gasteiger partial charge in [0, 0.05) is 11.6 Å². The van der Waals surface area contributed by atoms with Crippen LogP contribution in [0.2, 0.25) is 0 Å². The molecular weight excluding hydrogens is 212 g/mol. The molecule has 0 aliphatic rings. The van der Waals surface area contributed by atoms with E-state index in [1.165, 1.54) is 14.2 Å². The third-order valence-electron chi connectivity index (χ3n) is 2.17. The zero-order chi connectivity index (χ0) is 12.1. The van der Waals surface area contributed by atoms with E-state index in [4.69, 9.17) is 14.6 Å². The summed E-state index contributed by atoms with van der Waals surface area (Å²) in [5, 5.41) is 18.2. The molecule has 2 N–H and O–H groups in total. The molecular formula is C11H14O5. The van der Waals surface area contributed by atoms with E-state index in [2.05, 4.69) is 0 Å². The van der Waals surface area contributed by atoms with E-state index in [1.807, 2.05) is 0 Å². The number of carbonyl (C=O) groups is 1. The Labute approximate surface area is 93.2 Å². The Morgan fingerprint density at radius 1 is 1.38 bits per heavy atom. The van der Waals surface area contributed by atoms with Crippen LogP contribution in [-0.2, 0) is 4.79 Å². The number of aliphatic hydroxyl groups excluding tert-OH is 1. The summed E-state index contributed by atoms with van der Waals surface area (Å²) in [6.07, 6.45) is -1.44. The van der Waals surface area contributed by atoms with Crippen LogP contribution in [0.15, 0.2) is 18.2 Å². The van der Waals surface area contributed by atoms with Crippen molar-refractivity contribution in [1.82, 2.24) is 0 Å². The highest BCUT2D eigenvalue weighted by Crippen LogP contribution is 2.30. The average molecular weight is 226 g/mol. The largest absolute Gasteiger partial charge is 0.497 e. The zero-order valence-corrected chi connectivity index (χ0v) is 9.14. The predicted molar refractivity (Wildman–Crippen MR) is 56.8 cm³/mol. The van der Waals surface area contributed by atoms with Gasteiger partial charge in [0.15, 0.2) is 0 Å². The topological polar surface area (TPSA) is 76.0 Å². The lowest BCUT2D eigenvalue weighted by Gasteiger charge is -2.14. The number of hydrogen-bond acceptors (Lipinski definition) is 4. The first-order valence-electron chi connectivity index (χ1n) is 4.70. The highest BCUT2D eigenvalue weighted by atomic mass is 16.5. The summed E-state index contributed by atoms with van der Waals surface area (Å²) in [5.74, 6) is -0.0680. The molecule has 0 amide bonds. The molecule has 16 heavy (non-hydrogen) atoms. The first-order chi connectivity index (χ1) is 7.58. The van der Waals surface area contributed by atoms with Crippen molar-refractivity contribution in [2.75, 3.05) is 14.2 Å². The number of methoxy groups -OCH3 is 2. The van der Waals surface area contributed by atoms with Crippen molar-refractivity contribution in [3.8, 4) is 11.5 Å². The Morgan fingerprint density at radius 2 is 2.06 bits per heavy atom. The number of rotatable bonds is 5. The zero-order valence-electron chi connectivity index (χ0n) is 9.14. The smallest absolute Gasteiger partial charge is 0.306 e. The van der Waals surface area contributed by atoms with Gasteiger partial charge in [0.1, 0.15) is 11.5 Å². The quantitative estimate of drug-likeness (QED) is 0.789. The van der Waals surface area contributed by atoms with Gasteiger partial charge in [0.25, 0.3) is 0 Å². The monoisotopic (exact) mass is 226 g/mol. The molecule has 0 saturated carbocycles. The fraction of sp³-hybridized carbons (Fsp3) is 0.364. The number of aliphatic hydroxyl groups is 1. The van der Waals surface area contributed by atoms with Crippen molar-refractivity contribution in [2.24, 2.45) is 0 Å². The molecule has 1 aromatic carbocycles. The second-order valence-electron chi connectivity index (χ2n) is 3.22. The van der Waals surface area contributed by atoms with Crippen LogP contribution in [0.5, 0.6) is 11.5 Å². The van der Waals surface area contributed by atoms with E-state index >= 15 is 0 Å². The van der Waals surface area contributed by atoms with Crippen LogP contribution < -0.4 is 9.47 Å². The van der Waals surface area contributed by atoms with E-state index in [0.717, 1.165) is 0 Å². The molecule has 1 atom stereocenters. The first kappa shape index (κ1) is 12.3. The van der Waals surface area contributed by atoms with Crippen molar-refractivity contribution >= 4 is 5.97 Å². The number of benzene rings is 1. The second-order valence-corrected chi connectivity index (χ2v) is 3.22. The molecule has 0 aromatic heterocycles. The summed E-state index contributed by atoms with van der Waals surface area (Å²) < 4.78 is 10.1. The van der Waals surface area contributed by atoms with Crippen LogP contribution in [0.4, 0.5) is 0 Å². The van der Waals surface area contributed by atoms with Gasteiger partial charge in [0.05, 0.1) is 26.7 Å². The highest BCUT2D eigenvalue weighted by molar-refractivity contribution is 5.68. The third kappa shape index (κ3) is 2.87. The highest BCUT2D eigenvalue weighted by Gasteiger charge is 2.17. The number of ether oxygens (including phenoxy) is 2. The lowest BCUT2D eigenvalue weighted by atomic mass is 10.1. The predicted octanol–water partition coefficient (Wildman–Crippen LogP) is 1.21. The Balaban J connectivity index is 2.98. The van der Waals surface area contributed by atoms with E-state index in [-0.39, 0.29) is 6.42 Å². The van der Waals surface area contributed by atoms with Crippen molar-refractivity contribution < 1.29 is 24.5 Å². The average Bonchev–Trinajstić information content (AvgIpc) is 2.27. The van der Waals surface area contributed by atoms with Crippen LogP contribution in [0, 0.1) is 0 Å². The number of carboxylic acid groups (broad SMARTS) is 1. The minimum atomic E-state index is -1.08. The van der Waals surface area contributed by atoms with Crippen LogP contribution in [0.3, 0.4) is 0 Å². The van der Waals surface area contributed by atoms with E-state index < -0.39 is 12.1 Å². The molecule has 0 bridgehead atoms. The molecule has 0 heterocycles. The molecule has 0 saturated heterocycles. The van der Waals surface area contributed by atoms with Crippen molar-refractivity contribution in [1.29, 1.82) is 0 Å². The summed E-state index contributed by atoms with van der Waals surface area (Å²) in [7, 11) is 2.97. The third-order valence-corrected chi connectivity index (χ3v) is 2.17. The summed E-state index contributed by atoms with van der Waals surface area (Å²) in [5.41, 5.74) is 0.436. The van der Waals surface area contributed by atoms with Gasteiger partial charge in [-0.05, 0) is 12.1 Å². The minimum Gasteiger partial charge on any atom is -0.497 e. The summed E-state index contributed by atoms with van der Waals surface area (Å²) in [6.45, 7) is 0. The lowest BCUT2D eigenvalue weighted by molar-refractivity contribution is -0.139. The number of hydrogen-bond donors (Lipinski definition) is 2. The van der Waals surface area contributed by atoms with Gasteiger partial charge >= 0.3 is 5.97 Å². The van der Waals surface area contributed by atoms with Gasteiger partial charge in [-0.3, -0.25) is 4.79 Å². The van der Waals surface area contributed by atoms with Crippen LogP contribution in [0.1, 0.15) is 18.1 Å². The summed E-state index contributed by atoms with van der Waals surface area (Å²) >= 11 is 0. The number of aliphatic carboxylic acids is 1. The van der Waals surface area contributed by atoms with Gasteiger partial charge in [0.2, 0.25) is 0 Å². The standard InChI is InChI=1S/C11H14O5/c1-15-7-3-4-8(10(5-7)16-2)9(12)6-11(13)14/h3-5,9,12H,6H2,1-2H3,(H,13,14). The van der Waals surface area contributed by atoms with Gasteiger partial charge in [-0.15, -0.1) is 0 Å². The first-order valence-corrected chi connectivity index (χ1v) is 4.70. The van der Waals surface area contributed by atoms with Gasteiger partial charge in [-0.2, -0.15) is 0 Å². The summed E-state index contributed by atoms with van der Waals surface area (Å²) in [4.78, 5) is 10.5. The maximum Gasteiger partial charge on any atom is 0.306 e. The molecule has 1 unspecified atom stereocenters. The second kappa shape index (κ2) is 5.37. The lowest BCUT2D eigenvalue weighted by Crippen LogP contribution is -2.07. The molecule has 5 nitrogen and oxygen atoms in total.